The quantitative estimate of drug-likeness (QED) is 0.265. The van der Waals surface area contributed by atoms with E-state index in [0.29, 0.717) is 48.3 Å². The van der Waals surface area contributed by atoms with Crippen LogP contribution in [0.3, 0.4) is 0 Å². The van der Waals surface area contributed by atoms with E-state index in [-0.39, 0.29) is 16.8 Å². The second-order valence-corrected chi connectivity index (χ2v) is 11.4. The molecule has 1 aromatic heterocycles. The molecule has 3 N–H and O–H groups in total. The fourth-order valence-corrected chi connectivity index (χ4v) is 5.89. The van der Waals surface area contributed by atoms with Gasteiger partial charge in [-0.15, -0.1) is 0 Å². The molecule has 3 aromatic carbocycles. The number of nitrogens with one attached hydrogen (secondary N) is 3. The lowest BCUT2D eigenvalue weighted by molar-refractivity contribution is 0.288. The van der Waals surface area contributed by atoms with Crippen LogP contribution >= 0.6 is 0 Å². The van der Waals surface area contributed by atoms with Crippen molar-refractivity contribution in [1.29, 1.82) is 5.26 Å². The van der Waals surface area contributed by atoms with Crippen molar-refractivity contribution in [2.45, 2.75) is 30.3 Å². The SMILES string of the molecule is N#Cc1ccc(CNC2CCN(S(=O)(=O)c3ccc(Nc4nccc(Nc5ccc(F)cc5)n4)cc3)CC2)cc1. The van der Waals surface area contributed by atoms with Crippen LogP contribution in [0.2, 0.25) is 0 Å². The topological polar surface area (TPSA) is 123 Å². The summed E-state index contributed by atoms with van der Waals surface area (Å²) in [7, 11) is -3.62. The molecule has 11 heteroatoms. The maximum atomic E-state index is 13.2. The summed E-state index contributed by atoms with van der Waals surface area (Å²) in [6.45, 7) is 1.55. The molecule has 2 heterocycles. The van der Waals surface area contributed by atoms with Crippen molar-refractivity contribution in [3.05, 3.63) is 102 Å². The summed E-state index contributed by atoms with van der Waals surface area (Å²) in [6, 6.07) is 23.9. The Morgan fingerprint density at radius 3 is 2.23 bits per heavy atom. The Kier molecular flexibility index (Phi) is 8.31. The second-order valence-electron chi connectivity index (χ2n) is 9.41. The van der Waals surface area contributed by atoms with E-state index in [0.717, 1.165) is 18.4 Å². The average Bonchev–Trinajstić information content (AvgIpc) is 2.98. The Morgan fingerprint density at radius 2 is 1.55 bits per heavy atom. The third-order valence-electron chi connectivity index (χ3n) is 6.65. The van der Waals surface area contributed by atoms with Gasteiger partial charge in [0.25, 0.3) is 0 Å². The molecule has 1 aliphatic heterocycles. The Bertz CT molecular complexity index is 1580. The Labute approximate surface area is 232 Å². The highest BCUT2D eigenvalue weighted by Gasteiger charge is 2.29. The van der Waals surface area contributed by atoms with Gasteiger partial charge in [0.2, 0.25) is 16.0 Å². The Morgan fingerprint density at radius 1 is 0.900 bits per heavy atom. The highest BCUT2D eigenvalue weighted by molar-refractivity contribution is 7.89. The minimum atomic E-state index is -3.62. The molecule has 204 valence electrons. The number of rotatable bonds is 9. The van der Waals surface area contributed by atoms with Crippen LogP contribution in [0.25, 0.3) is 0 Å². The maximum absolute atomic E-state index is 13.2. The smallest absolute Gasteiger partial charge is 0.243 e. The Hall–Kier alpha value is -4.37. The normalized spacial score (nSPS) is 14.4. The highest BCUT2D eigenvalue weighted by Crippen LogP contribution is 2.24. The zero-order valence-corrected chi connectivity index (χ0v) is 22.4. The van der Waals surface area contributed by atoms with Crippen LogP contribution < -0.4 is 16.0 Å². The van der Waals surface area contributed by atoms with Gasteiger partial charge >= 0.3 is 0 Å². The van der Waals surface area contributed by atoms with E-state index in [4.69, 9.17) is 5.26 Å². The van der Waals surface area contributed by atoms with E-state index in [9.17, 15) is 12.8 Å². The molecule has 0 aliphatic carbocycles. The number of nitriles is 1. The number of sulfonamides is 1. The molecular formula is C29H28FN7O2S. The van der Waals surface area contributed by atoms with Gasteiger partial charge in [0.05, 0.1) is 16.5 Å². The monoisotopic (exact) mass is 557 g/mol. The summed E-state index contributed by atoms with van der Waals surface area (Å²) >= 11 is 0. The van der Waals surface area contributed by atoms with E-state index in [1.54, 1.807) is 60.8 Å². The second kappa shape index (κ2) is 12.2. The molecule has 1 aliphatic rings. The van der Waals surface area contributed by atoms with Gasteiger partial charge in [-0.25, -0.2) is 17.8 Å². The zero-order valence-electron chi connectivity index (χ0n) is 21.6. The molecule has 0 spiro atoms. The number of hydrogen-bond acceptors (Lipinski definition) is 8. The predicted octanol–water partition coefficient (Wildman–Crippen LogP) is 4.92. The minimum absolute atomic E-state index is 0.224. The van der Waals surface area contributed by atoms with E-state index in [2.05, 4.69) is 32.0 Å². The number of aromatic nitrogens is 2. The van der Waals surface area contributed by atoms with Crippen molar-refractivity contribution in [2.24, 2.45) is 0 Å². The molecule has 0 radical (unpaired) electrons. The lowest BCUT2D eigenvalue weighted by atomic mass is 10.1. The predicted molar refractivity (Wildman–Crippen MR) is 151 cm³/mol. The molecule has 1 saturated heterocycles. The van der Waals surface area contributed by atoms with Crippen LogP contribution in [0.4, 0.5) is 27.5 Å². The molecule has 0 amide bonds. The molecule has 5 rings (SSSR count). The molecule has 0 bridgehead atoms. The highest BCUT2D eigenvalue weighted by atomic mass is 32.2. The van der Waals surface area contributed by atoms with Crippen LogP contribution in [0.5, 0.6) is 0 Å². The average molecular weight is 558 g/mol. The van der Waals surface area contributed by atoms with Gasteiger partial charge in [-0.05, 0) is 85.1 Å². The molecule has 0 atom stereocenters. The first kappa shape index (κ1) is 27.2. The third-order valence-corrected chi connectivity index (χ3v) is 8.57. The van der Waals surface area contributed by atoms with Crippen molar-refractivity contribution >= 4 is 33.2 Å². The molecule has 40 heavy (non-hydrogen) atoms. The Balaban J connectivity index is 1.14. The summed E-state index contributed by atoms with van der Waals surface area (Å²) < 4.78 is 41.2. The van der Waals surface area contributed by atoms with Crippen LogP contribution in [-0.4, -0.2) is 41.8 Å². The van der Waals surface area contributed by atoms with Gasteiger partial charge in [0.1, 0.15) is 11.6 Å². The lowest BCUT2D eigenvalue weighted by Crippen LogP contribution is -2.44. The number of nitrogens with zero attached hydrogens (tertiary/aromatic N) is 4. The molecular weight excluding hydrogens is 529 g/mol. The number of anilines is 4. The van der Waals surface area contributed by atoms with Crippen molar-refractivity contribution < 1.29 is 12.8 Å². The van der Waals surface area contributed by atoms with Crippen LogP contribution in [0.1, 0.15) is 24.0 Å². The van der Waals surface area contributed by atoms with Gasteiger partial charge in [-0.2, -0.15) is 14.6 Å². The van der Waals surface area contributed by atoms with Gasteiger partial charge in [0.15, 0.2) is 0 Å². The van der Waals surface area contributed by atoms with Crippen LogP contribution in [-0.2, 0) is 16.6 Å². The van der Waals surface area contributed by atoms with Crippen LogP contribution in [0.15, 0.2) is 90.0 Å². The fourth-order valence-electron chi connectivity index (χ4n) is 4.42. The fraction of sp³-hybridized carbons (Fsp3) is 0.207. The standard InChI is InChI=1S/C29H28FN7O2S/c30-23-5-7-25(8-6-23)34-28-13-16-32-29(36-28)35-26-9-11-27(12-10-26)40(38,39)37-17-14-24(15-18-37)33-20-22-3-1-21(19-31)2-4-22/h1-13,16,24,33H,14-15,17-18,20H2,(H2,32,34,35,36). The van der Waals surface area contributed by atoms with E-state index in [1.807, 2.05) is 12.1 Å². The van der Waals surface area contributed by atoms with E-state index in [1.165, 1.54) is 16.4 Å². The summed E-state index contributed by atoms with van der Waals surface area (Å²) in [5.41, 5.74) is 3.05. The summed E-state index contributed by atoms with van der Waals surface area (Å²) in [5.74, 6) is 0.537. The number of hydrogen-bond donors (Lipinski definition) is 3. The van der Waals surface area contributed by atoms with Gasteiger partial charge < -0.3 is 16.0 Å². The van der Waals surface area contributed by atoms with Gasteiger partial charge in [-0.3, -0.25) is 0 Å². The first-order valence-corrected chi connectivity index (χ1v) is 14.3. The molecule has 0 unspecified atom stereocenters. The first-order chi connectivity index (χ1) is 19.4. The first-order valence-electron chi connectivity index (χ1n) is 12.8. The van der Waals surface area contributed by atoms with Crippen molar-refractivity contribution in [3.63, 3.8) is 0 Å². The van der Waals surface area contributed by atoms with Gasteiger partial charge in [0, 0.05) is 43.2 Å². The van der Waals surface area contributed by atoms with Crippen LogP contribution in [0, 0.1) is 17.1 Å². The summed E-state index contributed by atoms with van der Waals surface area (Å²) in [6.07, 6.45) is 3.02. The minimum Gasteiger partial charge on any atom is -0.340 e. The zero-order chi connectivity index (χ0) is 28.0. The maximum Gasteiger partial charge on any atom is 0.243 e. The van der Waals surface area contributed by atoms with Crippen molar-refractivity contribution in [3.8, 4) is 6.07 Å². The van der Waals surface area contributed by atoms with Crippen molar-refractivity contribution in [1.82, 2.24) is 19.6 Å². The molecule has 9 nitrogen and oxygen atoms in total. The molecule has 0 saturated carbocycles. The number of benzene rings is 3. The largest absolute Gasteiger partial charge is 0.340 e. The number of piperidine rings is 1. The van der Waals surface area contributed by atoms with E-state index >= 15 is 0 Å². The summed E-state index contributed by atoms with van der Waals surface area (Å²) in [4.78, 5) is 8.86. The summed E-state index contributed by atoms with van der Waals surface area (Å²) in [5, 5.41) is 18.6. The molecule has 1 fully saturated rings. The lowest BCUT2D eigenvalue weighted by Gasteiger charge is -2.31. The van der Waals surface area contributed by atoms with Gasteiger partial charge in [-0.1, -0.05) is 12.1 Å². The van der Waals surface area contributed by atoms with Crippen molar-refractivity contribution in [2.75, 3.05) is 23.7 Å². The molecule has 4 aromatic rings. The third kappa shape index (κ3) is 6.79. The van der Waals surface area contributed by atoms with E-state index < -0.39 is 10.0 Å². The number of halogens is 1.